The number of hydrogen-bond acceptors (Lipinski definition) is 4. The van der Waals surface area contributed by atoms with E-state index >= 15 is 0 Å². The number of nitrogens with two attached hydrogens (primary N) is 1. The van der Waals surface area contributed by atoms with Crippen LogP contribution in [0.4, 0.5) is 0 Å². The number of ether oxygens (including phenoxy) is 1. The molecule has 0 fully saturated rings. The summed E-state index contributed by atoms with van der Waals surface area (Å²) in [7, 11) is 1.64. The summed E-state index contributed by atoms with van der Waals surface area (Å²) in [6.07, 6.45) is 0.661. The van der Waals surface area contributed by atoms with E-state index in [1.165, 1.54) is 0 Å². The van der Waals surface area contributed by atoms with Crippen molar-refractivity contribution in [2.24, 2.45) is 11.7 Å². The predicted octanol–water partition coefficient (Wildman–Crippen LogP) is 2.36. The maximum absolute atomic E-state index is 6.00. The smallest absolute Gasteiger partial charge is 0.197 e. The number of fused-ring (bicyclic) bond motifs is 1. The van der Waals surface area contributed by atoms with Crippen LogP contribution in [0, 0.1) is 5.92 Å². The fourth-order valence-corrected chi connectivity index (χ4v) is 1.61. The Balaban J connectivity index is 2.25. The van der Waals surface area contributed by atoms with Crippen molar-refractivity contribution in [1.29, 1.82) is 0 Å². The zero-order valence-electron chi connectivity index (χ0n) is 10.4. The maximum Gasteiger partial charge on any atom is 0.197 e. The van der Waals surface area contributed by atoms with Gasteiger partial charge in [0.15, 0.2) is 11.5 Å². The molecule has 2 aromatic rings. The highest BCUT2D eigenvalue weighted by Gasteiger charge is 2.13. The Bertz CT molecular complexity index is 505. The van der Waals surface area contributed by atoms with Crippen LogP contribution in [0.2, 0.25) is 0 Å². The van der Waals surface area contributed by atoms with Crippen molar-refractivity contribution in [3.05, 3.63) is 24.1 Å². The molecule has 0 aliphatic heterocycles. The predicted molar refractivity (Wildman–Crippen MR) is 67.1 cm³/mol. The van der Waals surface area contributed by atoms with Gasteiger partial charge in [0.05, 0.1) is 7.11 Å². The summed E-state index contributed by atoms with van der Waals surface area (Å²) in [5.41, 5.74) is 7.59. The van der Waals surface area contributed by atoms with Crippen LogP contribution in [0.25, 0.3) is 11.1 Å². The second kappa shape index (κ2) is 4.75. The quantitative estimate of drug-likeness (QED) is 0.882. The molecule has 0 saturated carbocycles. The van der Waals surface area contributed by atoms with Gasteiger partial charge in [0, 0.05) is 18.5 Å². The monoisotopic (exact) mass is 234 g/mol. The summed E-state index contributed by atoms with van der Waals surface area (Å²) < 4.78 is 10.8. The normalized spacial score (nSPS) is 13.2. The van der Waals surface area contributed by atoms with Crippen molar-refractivity contribution in [3.63, 3.8) is 0 Å². The second-order valence-corrected chi connectivity index (χ2v) is 4.55. The van der Waals surface area contributed by atoms with Crippen LogP contribution in [-0.4, -0.2) is 18.1 Å². The highest BCUT2D eigenvalue weighted by molar-refractivity contribution is 5.74. The third-order valence-electron chi connectivity index (χ3n) is 2.91. The Morgan fingerprint density at radius 3 is 2.82 bits per heavy atom. The number of benzene rings is 1. The fraction of sp³-hybridized carbons (Fsp3) is 0.462. The van der Waals surface area contributed by atoms with Crippen molar-refractivity contribution in [2.75, 3.05) is 7.11 Å². The van der Waals surface area contributed by atoms with Gasteiger partial charge in [-0.15, -0.1) is 0 Å². The minimum Gasteiger partial charge on any atom is -0.497 e. The Morgan fingerprint density at radius 1 is 1.41 bits per heavy atom. The van der Waals surface area contributed by atoms with E-state index < -0.39 is 0 Å². The zero-order chi connectivity index (χ0) is 12.4. The first kappa shape index (κ1) is 11.9. The molecule has 1 atom stereocenters. The lowest BCUT2D eigenvalue weighted by Gasteiger charge is -2.12. The van der Waals surface area contributed by atoms with Crippen LogP contribution in [-0.2, 0) is 6.42 Å². The average molecular weight is 234 g/mol. The minimum atomic E-state index is 0.0740. The first-order chi connectivity index (χ1) is 8.10. The van der Waals surface area contributed by atoms with E-state index in [1.807, 2.05) is 18.2 Å². The molecule has 17 heavy (non-hydrogen) atoms. The van der Waals surface area contributed by atoms with Gasteiger partial charge in [-0.25, -0.2) is 4.98 Å². The van der Waals surface area contributed by atoms with Gasteiger partial charge in [-0.1, -0.05) is 13.8 Å². The molecule has 1 unspecified atom stereocenters. The molecule has 0 radical (unpaired) electrons. The van der Waals surface area contributed by atoms with E-state index in [9.17, 15) is 0 Å². The average Bonchev–Trinajstić information content (AvgIpc) is 2.69. The lowest BCUT2D eigenvalue weighted by Crippen LogP contribution is -2.28. The van der Waals surface area contributed by atoms with Gasteiger partial charge in [0.1, 0.15) is 11.3 Å². The van der Waals surface area contributed by atoms with Gasteiger partial charge in [-0.2, -0.15) is 0 Å². The number of methoxy groups -OCH3 is 1. The van der Waals surface area contributed by atoms with Crippen molar-refractivity contribution >= 4 is 11.1 Å². The lowest BCUT2D eigenvalue weighted by atomic mass is 10.0. The van der Waals surface area contributed by atoms with Crippen LogP contribution in [0.1, 0.15) is 19.7 Å². The number of oxazole rings is 1. The zero-order valence-corrected chi connectivity index (χ0v) is 10.4. The van der Waals surface area contributed by atoms with Gasteiger partial charge in [-0.05, 0) is 18.1 Å². The van der Waals surface area contributed by atoms with Gasteiger partial charge >= 0.3 is 0 Å². The largest absolute Gasteiger partial charge is 0.497 e. The van der Waals surface area contributed by atoms with Crippen LogP contribution >= 0.6 is 0 Å². The van der Waals surface area contributed by atoms with Gasteiger partial charge in [-0.3, -0.25) is 0 Å². The molecule has 0 spiro atoms. The maximum atomic E-state index is 6.00. The molecule has 0 aliphatic carbocycles. The molecule has 0 aliphatic rings. The standard InChI is InChI=1S/C13H18N2O2/c1-8(2)10(14)7-13-15-11-6-9(16-3)4-5-12(11)17-13/h4-6,8,10H,7,14H2,1-3H3. The Labute approximate surface area is 101 Å². The van der Waals surface area contributed by atoms with Crippen LogP contribution in [0.3, 0.4) is 0 Å². The van der Waals surface area contributed by atoms with E-state index in [2.05, 4.69) is 18.8 Å². The fourth-order valence-electron chi connectivity index (χ4n) is 1.61. The van der Waals surface area contributed by atoms with Crippen LogP contribution in [0.15, 0.2) is 22.6 Å². The minimum absolute atomic E-state index is 0.0740. The molecule has 2 N–H and O–H groups in total. The first-order valence-corrected chi connectivity index (χ1v) is 5.79. The summed E-state index contributed by atoms with van der Waals surface area (Å²) in [6, 6.07) is 5.67. The molecular weight excluding hydrogens is 216 g/mol. The molecule has 4 nitrogen and oxygen atoms in total. The molecule has 2 rings (SSSR count). The molecule has 1 aromatic carbocycles. The van der Waals surface area contributed by atoms with Gasteiger partial charge in [0.2, 0.25) is 0 Å². The molecular formula is C13H18N2O2. The summed E-state index contributed by atoms with van der Waals surface area (Å²) in [4.78, 5) is 4.42. The van der Waals surface area contributed by atoms with Gasteiger partial charge < -0.3 is 14.9 Å². The Morgan fingerprint density at radius 2 is 2.18 bits per heavy atom. The lowest BCUT2D eigenvalue weighted by molar-refractivity contribution is 0.415. The molecule has 4 heteroatoms. The topological polar surface area (TPSA) is 61.3 Å². The highest BCUT2D eigenvalue weighted by Crippen LogP contribution is 2.22. The molecule has 0 amide bonds. The highest BCUT2D eigenvalue weighted by atomic mass is 16.5. The van der Waals surface area contributed by atoms with E-state index in [0.717, 1.165) is 16.8 Å². The number of nitrogens with zero attached hydrogens (tertiary/aromatic N) is 1. The van der Waals surface area contributed by atoms with E-state index in [-0.39, 0.29) is 6.04 Å². The number of hydrogen-bond donors (Lipinski definition) is 1. The van der Waals surface area contributed by atoms with E-state index in [1.54, 1.807) is 7.11 Å². The summed E-state index contributed by atoms with van der Waals surface area (Å²) in [6.45, 7) is 4.19. The van der Waals surface area contributed by atoms with Crippen molar-refractivity contribution in [1.82, 2.24) is 4.98 Å². The van der Waals surface area contributed by atoms with E-state index in [0.29, 0.717) is 18.2 Å². The third-order valence-corrected chi connectivity index (χ3v) is 2.91. The van der Waals surface area contributed by atoms with Crippen molar-refractivity contribution in [3.8, 4) is 5.75 Å². The second-order valence-electron chi connectivity index (χ2n) is 4.55. The third kappa shape index (κ3) is 2.58. The number of aromatic nitrogens is 1. The number of rotatable bonds is 4. The summed E-state index contributed by atoms with van der Waals surface area (Å²) in [5.74, 6) is 1.89. The van der Waals surface area contributed by atoms with Crippen LogP contribution in [0.5, 0.6) is 5.75 Å². The van der Waals surface area contributed by atoms with E-state index in [4.69, 9.17) is 14.9 Å². The molecule has 0 saturated heterocycles. The summed E-state index contributed by atoms with van der Waals surface area (Å²) >= 11 is 0. The molecule has 1 heterocycles. The Kier molecular flexibility index (Phi) is 3.33. The van der Waals surface area contributed by atoms with Crippen LogP contribution < -0.4 is 10.5 Å². The Hall–Kier alpha value is -1.55. The van der Waals surface area contributed by atoms with Crippen molar-refractivity contribution in [2.45, 2.75) is 26.3 Å². The SMILES string of the molecule is COc1ccc2oc(CC(N)C(C)C)nc2c1. The first-order valence-electron chi connectivity index (χ1n) is 5.79. The summed E-state index contributed by atoms with van der Waals surface area (Å²) in [5, 5.41) is 0. The molecule has 1 aromatic heterocycles. The molecule has 92 valence electrons. The van der Waals surface area contributed by atoms with Crippen molar-refractivity contribution < 1.29 is 9.15 Å². The van der Waals surface area contributed by atoms with Gasteiger partial charge in [0.25, 0.3) is 0 Å². The molecule has 0 bridgehead atoms.